The minimum Gasteiger partial charge on any atom is -0.454 e. The van der Waals surface area contributed by atoms with E-state index >= 15 is 0 Å². The molecule has 0 radical (unpaired) electrons. The molecular formula is C21H17N3O3S. The van der Waals surface area contributed by atoms with Gasteiger partial charge in [0.1, 0.15) is 5.01 Å². The summed E-state index contributed by atoms with van der Waals surface area (Å²) < 4.78 is 5.35. The highest BCUT2D eigenvalue weighted by Gasteiger charge is 2.22. The number of nitrogens with one attached hydrogen (secondary N) is 1. The van der Waals surface area contributed by atoms with Crippen LogP contribution in [0.4, 0.5) is 0 Å². The molecule has 0 spiro atoms. The van der Waals surface area contributed by atoms with Gasteiger partial charge in [-0.2, -0.15) is 0 Å². The summed E-state index contributed by atoms with van der Waals surface area (Å²) in [4.78, 5) is 36.5. The molecule has 0 bridgehead atoms. The van der Waals surface area contributed by atoms with E-state index in [4.69, 9.17) is 4.74 Å². The van der Waals surface area contributed by atoms with Crippen LogP contribution >= 0.6 is 11.3 Å². The lowest BCUT2D eigenvalue weighted by Crippen LogP contribution is -2.25. The summed E-state index contributed by atoms with van der Waals surface area (Å²) in [7, 11) is 0. The molecule has 4 aromatic rings. The number of pyridine rings is 1. The Kier molecular flexibility index (Phi) is 4.99. The molecule has 0 aliphatic heterocycles. The van der Waals surface area contributed by atoms with Crippen molar-refractivity contribution in [3.05, 3.63) is 71.6 Å². The quantitative estimate of drug-likeness (QED) is 0.396. The lowest BCUT2D eigenvalue weighted by molar-refractivity contribution is -0.145. The van der Waals surface area contributed by atoms with Gasteiger partial charge in [-0.05, 0) is 25.1 Å². The van der Waals surface area contributed by atoms with Gasteiger partial charge in [-0.25, -0.2) is 4.98 Å². The molecule has 6 nitrogen and oxygen atoms in total. The number of Topliss-reactive ketones (excluding diaryl/α,β-unsaturated/α-hetero) is 1. The number of ether oxygens (including phenoxy) is 1. The third kappa shape index (κ3) is 3.70. The molecule has 0 saturated heterocycles. The van der Waals surface area contributed by atoms with Crippen LogP contribution in [0.2, 0.25) is 0 Å². The van der Waals surface area contributed by atoms with Gasteiger partial charge < -0.3 is 9.72 Å². The topological polar surface area (TPSA) is 84.9 Å². The number of rotatable bonds is 6. The molecule has 0 fully saturated rings. The van der Waals surface area contributed by atoms with Crippen molar-refractivity contribution >= 4 is 34.0 Å². The van der Waals surface area contributed by atoms with E-state index < -0.39 is 12.1 Å². The van der Waals surface area contributed by atoms with Crippen molar-refractivity contribution in [2.75, 3.05) is 0 Å². The van der Waals surface area contributed by atoms with E-state index in [9.17, 15) is 9.59 Å². The number of esters is 1. The maximum Gasteiger partial charge on any atom is 0.312 e. The Bertz CT molecular complexity index is 1130. The van der Waals surface area contributed by atoms with Gasteiger partial charge in [0.05, 0.1) is 12.1 Å². The standard InChI is InChI=1S/C21H17N3O3S/c1-13(20(26)17-11-23-18-7-3-2-6-16(17)18)27-19(25)9-15-12-28-21(24-15)14-5-4-8-22-10-14/h2-8,10-13,23H,9H2,1H3/t13-/m0/s1. The Morgan fingerprint density at radius 3 is 2.89 bits per heavy atom. The first-order valence-electron chi connectivity index (χ1n) is 8.76. The minimum atomic E-state index is -0.872. The molecule has 1 N–H and O–H groups in total. The molecule has 3 aromatic heterocycles. The summed E-state index contributed by atoms with van der Waals surface area (Å²) in [5.41, 5.74) is 2.90. The van der Waals surface area contributed by atoms with E-state index in [0.717, 1.165) is 21.5 Å². The molecule has 28 heavy (non-hydrogen) atoms. The fraction of sp³-hybridized carbons (Fsp3) is 0.143. The van der Waals surface area contributed by atoms with Crippen molar-refractivity contribution in [3.63, 3.8) is 0 Å². The SMILES string of the molecule is C[C@H](OC(=O)Cc1csc(-c2cccnc2)n1)C(=O)c1c[nH]c2ccccc12. The van der Waals surface area contributed by atoms with E-state index in [0.29, 0.717) is 11.3 Å². The Balaban J connectivity index is 1.41. The van der Waals surface area contributed by atoms with Crippen molar-refractivity contribution in [1.82, 2.24) is 15.0 Å². The highest BCUT2D eigenvalue weighted by molar-refractivity contribution is 7.13. The summed E-state index contributed by atoms with van der Waals surface area (Å²) in [5.74, 6) is -0.719. The molecule has 0 saturated carbocycles. The van der Waals surface area contributed by atoms with Gasteiger partial charge in [0.25, 0.3) is 0 Å². The minimum absolute atomic E-state index is 0.0161. The van der Waals surface area contributed by atoms with Crippen molar-refractivity contribution < 1.29 is 14.3 Å². The van der Waals surface area contributed by atoms with Crippen LogP contribution in [0.1, 0.15) is 23.0 Å². The number of aromatic amines is 1. The summed E-state index contributed by atoms with van der Waals surface area (Å²) in [6.07, 6.45) is 4.22. The first-order chi connectivity index (χ1) is 13.6. The fourth-order valence-electron chi connectivity index (χ4n) is 2.94. The summed E-state index contributed by atoms with van der Waals surface area (Å²) in [6, 6.07) is 11.3. The number of benzene rings is 1. The van der Waals surface area contributed by atoms with Gasteiger partial charge in [0.15, 0.2) is 6.10 Å². The van der Waals surface area contributed by atoms with E-state index in [1.807, 2.05) is 41.8 Å². The number of para-hydroxylation sites is 1. The molecule has 1 aromatic carbocycles. The zero-order valence-corrected chi connectivity index (χ0v) is 15.9. The maximum absolute atomic E-state index is 12.7. The summed E-state index contributed by atoms with van der Waals surface area (Å²) in [6.45, 7) is 1.59. The number of carbonyl (C=O) groups is 2. The number of carbonyl (C=O) groups excluding carboxylic acids is 2. The summed E-state index contributed by atoms with van der Waals surface area (Å²) in [5, 5.41) is 3.42. The van der Waals surface area contributed by atoms with Gasteiger partial charge in [-0.3, -0.25) is 14.6 Å². The van der Waals surface area contributed by atoms with Crippen LogP contribution in [0.5, 0.6) is 0 Å². The number of hydrogen-bond acceptors (Lipinski definition) is 6. The van der Waals surface area contributed by atoms with Crippen LogP contribution < -0.4 is 0 Å². The van der Waals surface area contributed by atoms with Crippen LogP contribution in [0.25, 0.3) is 21.5 Å². The van der Waals surface area contributed by atoms with Crippen LogP contribution in [0.15, 0.2) is 60.4 Å². The average molecular weight is 391 g/mol. The van der Waals surface area contributed by atoms with E-state index in [2.05, 4.69) is 15.0 Å². The van der Waals surface area contributed by atoms with E-state index in [1.54, 1.807) is 25.5 Å². The third-order valence-corrected chi connectivity index (χ3v) is 5.26. The first kappa shape index (κ1) is 18.1. The molecule has 4 rings (SSSR count). The molecule has 7 heteroatoms. The second kappa shape index (κ2) is 7.74. The van der Waals surface area contributed by atoms with Gasteiger partial charge in [-0.15, -0.1) is 11.3 Å². The van der Waals surface area contributed by atoms with Gasteiger partial charge >= 0.3 is 5.97 Å². The fourth-order valence-corrected chi connectivity index (χ4v) is 3.76. The Hall–Kier alpha value is -3.32. The summed E-state index contributed by atoms with van der Waals surface area (Å²) >= 11 is 1.44. The molecule has 140 valence electrons. The zero-order chi connectivity index (χ0) is 19.5. The number of nitrogens with zero attached hydrogens (tertiary/aromatic N) is 2. The molecular weight excluding hydrogens is 374 g/mol. The number of aromatic nitrogens is 3. The van der Waals surface area contributed by atoms with Crippen LogP contribution in [-0.2, 0) is 16.0 Å². The highest BCUT2D eigenvalue weighted by atomic mass is 32.1. The zero-order valence-electron chi connectivity index (χ0n) is 15.1. The van der Waals surface area contributed by atoms with Gasteiger partial charge in [0.2, 0.25) is 5.78 Å². The Morgan fingerprint density at radius 2 is 2.07 bits per heavy atom. The molecule has 3 heterocycles. The molecule has 1 atom stereocenters. The molecule has 0 aliphatic rings. The van der Waals surface area contributed by atoms with E-state index in [1.165, 1.54) is 11.3 Å². The molecule has 0 aliphatic carbocycles. The number of H-pyrrole nitrogens is 1. The smallest absolute Gasteiger partial charge is 0.312 e. The van der Waals surface area contributed by atoms with Crippen molar-refractivity contribution in [2.24, 2.45) is 0 Å². The average Bonchev–Trinajstić information content (AvgIpc) is 3.35. The van der Waals surface area contributed by atoms with Crippen LogP contribution in [-0.4, -0.2) is 32.8 Å². The number of thiazole rings is 1. The van der Waals surface area contributed by atoms with Crippen LogP contribution in [0.3, 0.4) is 0 Å². The number of ketones is 1. The first-order valence-corrected chi connectivity index (χ1v) is 9.64. The predicted octanol–water partition coefficient (Wildman–Crippen LogP) is 4.04. The van der Waals surface area contributed by atoms with E-state index in [-0.39, 0.29) is 12.2 Å². The number of hydrogen-bond donors (Lipinski definition) is 1. The second-order valence-electron chi connectivity index (χ2n) is 6.31. The third-order valence-electron chi connectivity index (χ3n) is 4.32. The second-order valence-corrected chi connectivity index (χ2v) is 7.16. The highest BCUT2D eigenvalue weighted by Crippen LogP contribution is 2.23. The Morgan fingerprint density at radius 1 is 1.21 bits per heavy atom. The lowest BCUT2D eigenvalue weighted by atomic mass is 10.1. The largest absolute Gasteiger partial charge is 0.454 e. The number of fused-ring (bicyclic) bond motifs is 1. The normalized spacial score (nSPS) is 12.0. The van der Waals surface area contributed by atoms with Crippen molar-refractivity contribution in [2.45, 2.75) is 19.4 Å². The van der Waals surface area contributed by atoms with Gasteiger partial charge in [0, 0.05) is 46.0 Å². The van der Waals surface area contributed by atoms with Crippen LogP contribution in [0, 0.1) is 0 Å². The van der Waals surface area contributed by atoms with Gasteiger partial charge in [-0.1, -0.05) is 18.2 Å². The predicted molar refractivity (Wildman–Crippen MR) is 107 cm³/mol. The monoisotopic (exact) mass is 391 g/mol. The molecule has 0 unspecified atom stereocenters. The Labute approximate surface area is 165 Å². The van der Waals surface area contributed by atoms with Crippen molar-refractivity contribution in [1.29, 1.82) is 0 Å². The maximum atomic E-state index is 12.7. The lowest BCUT2D eigenvalue weighted by Gasteiger charge is -2.11. The molecule has 0 amide bonds. The van der Waals surface area contributed by atoms with Crippen molar-refractivity contribution in [3.8, 4) is 10.6 Å².